The fourth-order valence-electron chi connectivity index (χ4n) is 4.33. The van der Waals surface area contributed by atoms with Crippen LogP contribution in [0.15, 0.2) is 72.8 Å². The van der Waals surface area contributed by atoms with Crippen LogP contribution < -0.4 is 14.8 Å². The van der Waals surface area contributed by atoms with Gasteiger partial charge in [-0.25, -0.2) is 0 Å². The van der Waals surface area contributed by atoms with Crippen molar-refractivity contribution in [1.82, 2.24) is 10.2 Å². The highest BCUT2D eigenvalue weighted by atomic mass is 35.5. The van der Waals surface area contributed by atoms with Gasteiger partial charge in [0.1, 0.15) is 17.2 Å². The number of hydrogen-bond donors (Lipinski definition) is 1. The molecule has 0 aliphatic carbocycles. The summed E-state index contributed by atoms with van der Waals surface area (Å²) in [4.78, 5) is 25.1. The zero-order valence-corrected chi connectivity index (χ0v) is 22.8. The molecule has 2 heterocycles. The average molecular weight is 598 g/mol. The summed E-state index contributed by atoms with van der Waals surface area (Å²) in [5.74, 6) is 0.124. The van der Waals surface area contributed by atoms with E-state index in [9.17, 15) is 22.8 Å². The number of carbonyl (C=O) groups is 2. The topological polar surface area (TPSA) is 99.6 Å². The normalized spacial score (nSPS) is 14.4. The van der Waals surface area contributed by atoms with Crippen LogP contribution in [-0.4, -0.2) is 35.3 Å². The number of esters is 1. The molecular formula is C30H23ClF3N3O5. The number of amides is 1. The molecule has 12 heteroatoms. The fraction of sp³-hybridized carbons (Fsp3) is 0.200. The second-order valence-corrected chi connectivity index (χ2v) is 9.63. The summed E-state index contributed by atoms with van der Waals surface area (Å²) < 4.78 is 55.1. The van der Waals surface area contributed by atoms with Gasteiger partial charge in [-0.15, -0.1) is 10.2 Å². The number of halogens is 4. The molecule has 1 unspecified atom stereocenters. The minimum absolute atomic E-state index is 0.165. The summed E-state index contributed by atoms with van der Waals surface area (Å²) in [6.07, 6.45) is -3.94. The molecular weight excluding hydrogens is 575 g/mol. The Morgan fingerprint density at radius 2 is 1.76 bits per heavy atom. The number of alkyl halides is 3. The van der Waals surface area contributed by atoms with Crippen molar-refractivity contribution < 1.29 is 37.0 Å². The minimum Gasteiger partial charge on any atom is -0.493 e. The first-order valence-electron chi connectivity index (χ1n) is 12.9. The first kappa shape index (κ1) is 28.9. The smallest absolute Gasteiger partial charge is 0.416 e. The van der Waals surface area contributed by atoms with Crippen LogP contribution in [0.1, 0.15) is 40.7 Å². The number of hydrogen-bond acceptors (Lipinski definition) is 7. The summed E-state index contributed by atoms with van der Waals surface area (Å²) in [6.45, 7) is 2.38. The van der Waals surface area contributed by atoms with Gasteiger partial charge in [-0.05, 0) is 67.9 Å². The number of ether oxygens (including phenoxy) is 3. The number of nitrogens with zero attached hydrogens (tertiary/aromatic N) is 2. The quantitative estimate of drug-likeness (QED) is 0.223. The van der Waals surface area contributed by atoms with E-state index in [1.165, 1.54) is 18.2 Å². The molecule has 216 valence electrons. The van der Waals surface area contributed by atoms with Crippen molar-refractivity contribution >= 4 is 29.3 Å². The van der Waals surface area contributed by atoms with Gasteiger partial charge in [0.25, 0.3) is 5.91 Å². The largest absolute Gasteiger partial charge is 0.493 e. The molecule has 0 bridgehead atoms. The molecule has 0 saturated heterocycles. The highest BCUT2D eigenvalue weighted by Crippen LogP contribution is 2.42. The lowest BCUT2D eigenvalue weighted by atomic mass is 9.93. The van der Waals surface area contributed by atoms with E-state index in [0.717, 1.165) is 12.1 Å². The van der Waals surface area contributed by atoms with Crippen molar-refractivity contribution in [1.29, 1.82) is 0 Å². The van der Waals surface area contributed by atoms with Crippen LogP contribution in [-0.2, 0) is 15.7 Å². The molecule has 5 rings (SSSR count). The molecule has 3 aromatic carbocycles. The van der Waals surface area contributed by atoms with E-state index in [1.807, 2.05) is 0 Å². The van der Waals surface area contributed by atoms with Gasteiger partial charge in [0.15, 0.2) is 5.82 Å². The van der Waals surface area contributed by atoms with Gasteiger partial charge < -0.3 is 19.5 Å². The maximum atomic E-state index is 12.8. The maximum Gasteiger partial charge on any atom is 0.416 e. The predicted molar refractivity (Wildman–Crippen MR) is 148 cm³/mol. The minimum atomic E-state index is -4.43. The van der Waals surface area contributed by atoms with Gasteiger partial charge in [0.05, 0.1) is 35.4 Å². The van der Waals surface area contributed by atoms with Crippen LogP contribution in [0.25, 0.3) is 11.3 Å². The molecule has 8 nitrogen and oxygen atoms in total. The first-order valence-corrected chi connectivity index (χ1v) is 13.2. The van der Waals surface area contributed by atoms with Crippen LogP contribution in [0.4, 0.5) is 19.0 Å². The Bertz CT molecular complexity index is 1600. The van der Waals surface area contributed by atoms with E-state index in [0.29, 0.717) is 52.7 Å². The first-order chi connectivity index (χ1) is 20.1. The highest BCUT2D eigenvalue weighted by molar-refractivity contribution is 6.32. The predicted octanol–water partition coefficient (Wildman–Crippen LogP) is 7.29. The third-order valence-corrected chi connectivity index (χ3v) is 6.73. The Balaban J connectivity index is 1.22. The molecule has 42 heavy (non-hydrogen) atoms. The molecule has 0 spiro atoms. The number of anilines is 1. The van der Waals surface area contributed by atoms with Crippen molar-refractivity contribution in [3.8, 4) is 28.5 Å². The van der Waals surface area contributed by atoms with Crippen LogP contribution >= 0.6 is 11.6 Å². The Morgan fingerprint density at radius 3 is 2.40 bits per heavy atom. The lowest BCUT2D eigenvalue weighted by molar-refractivity contribution is -0.145. The SMILES string of the molecule is CCOC(=O)C1CCOc2cc(Oc3ccc(C(=O)Nc4ccc(-c5ccc(C(F)(F)F)cc5)nn4)cc3)c(Cl)cc21. The Hall–Kier alpha value is -4.64. The number of fused-ring (bicyclic) bond motifs is 1. The Labute approximate surface area is 243 Å². The van der Waals surface area contributed by atoms with Crippen molar-refractivity contribution in [2.24, 2.45) is 0 Å². The Kier molecular flexibility index (Phi) is 8.30. The van der Waals surface area contributed by atoms with Crippen LogP contribution in [0.2, 0.25) is 5.02 Å². The summed E-state index contributed by atoms with van der Waals surface area (Å²) in [5, 5.41) is 10.9. The lowest BCUT2D eigenvalue weighted by Crippen LogP contribution is -2.23. The van der Waals surface area contributed by atoms with E-state index < -0.39 is 23.6 Å². The second-order valence-electron chi connectivity index (χ2n) is 9.22. The lowest BCUT2D eigenvalue weighted by Gasteiger charge is -2.25. The molecule has 1 atom stereocenters. The van der Waals surface area contributed by atoms with Gasteiger partial charge >= 0.3 is 12.1 Å². The molecule has 0 fully saturated rings. The molecule has 1 N–H and O–H groups in total. The van der Waals surface area contributed by atoms with E-state index in [4.69, 9.17) is 25.8 Å². The number of benzene rings is 3. The van der Waals surface area contributed by atoms with Crippen molar-refractivity contribution in [2.75, 3.05) is 18.5 Å². The monoisotopic (exact) mass is 597 g/mol. The molecule has 1 amide bonds. The molecule has 1 aliphatic rings. The zero-order valence-electron chi connectivity index (χ0n) is 22.1. The van der Waals surface area contributed by atoms with E-state index in [-0.39, 0.29) is 23.4 Å². The van der Waals surface area contributed by atoms with Gasteiger partial charge in [-0.1, -0.05) is 23.7 Å². The highest BCUT2D eigenvalue weighted by Gasteiger charge is 2.31. The number of nitrogens with one attached hydrogen (secondary N) is 1. The van der Waals surface area contributed by atoms with Crippen LogP contribution in [0.5, 0.6) is 17.2 Å². The molecule has 1 aliphatic heterocycles. The van der Waals surface area contributed by atoms with E-state index >= 15 is 0 Å². The second kappa shape index (κ2) is 12.1. The summed E-state index contributed by atoms with van der Waals surface area (Å²) in [6, 6.07) is 17.1. The van der Waals surface area contributed by atoms with E-state index in [1.54, 1.807) is 49.4 Å². The molecule has 4 aromatic rings. The number of aromatic nitrogens is 2. The third kappa shape index (κ3) is 6.46. The average Bonchev–Trinajstić information content (AvgIpc) is 2.98. The van der Waals surface area contributed by atoms with Crippen LogP contribution in [0, 0.1) is 0 Å². The number of rotatable bonds is 7. The summed E-state index contributed by atoms with van der Waals surface area (Å²) in [7, 11) is 0. The Morgan fingerprint density at radius 1 is 1.02 bits per heavy atom. The number of carbonyl (C=O) groups excluding carboxylic acids is 2. The van der Waals surface area contributed by atoms with Gasteiger partial charge in [0.2, 0.25) is 0 Å². The van der Waals surface area contributed by atoms with Crippen molar-refractivity contribution in [3.63, 3.8) is 0 Å². The van der Waals surface area contributed by atoms with Crippen molar-refractivity contribution in [2.45, 2.75) is 25.4 Å². The van der Waals surface area contributed by atoms with E-state index in [2.05, 4.69) is 15.5 Å². The zero-order chi connectivity index (χ0) is 29.9. The van der Waals surface area contributed by atoms with Gasteiger partial charge in [0, 0.05) is 22.8 Å². The standard InChI is InChI=1S/C30H23ClF3N3O5/c1-2-40-29(39)21-13-14-41-25-16-26(23(31)15-22(21)25)42-20-9-5-18(6-10-20)28(38)35-27-12-11-24(36-37-27)17-3-7-19(8-4-17)30(32,33)34/h3-12,15-16,21H,2,13-14H2,1H3,(H,35,37,38). The van der Waals surface area contributed by atoms with Gasteiger partial charge in [-0.2, -0.15) is 13.2 Å². The van der Waals surface area contributed by atoms with Crippen LogP contribution in [0.3, 0.4) is 0 Å². The molecule has 0 saturated carbocycles. The summed E-state index contributed by atoms with van der Waals surface area (Å²) >= 11 is 6.45. The maximum absolute atomic E-state index is 12.8. The molecule has 1 aromatic heterocycles. The molecule has 0 radical (unpaired) electrons. The fourth-order valence-corrected chi connectivity index (χ4v) is 4.54. The summed E-state index contributed by atoms with van der Waals surface area (Å²) in [5.41, 5.74) is 0.996. The third-order valence-electron chi connectivity index (χ3n) is 6.43. The van der Waals surface area contributed by atoms with Gasteiger partial charge in [-0.3, -0.25) is 9.59 Å². The van der Waals surface area contributed by atoms with Crippen molar-refractivity contribution in [3.05, 3.63) is 94.5 Å².